The molecule has 0 bridgehead atoms. The summed E-state index contributed by atoms with van der Waals surface area (Å²) in [5.74, 6) is 1.32. The molecule has 1 aromatic rings. The minimum absolute atomic E-state index is 0.263. The van der Waals surface area contributed by atoms with Crippen molar-refractivity contribution in [1.82, 2.24) is 9.97 Å². The van der Waals surface area contributed by atoms with Crippen molar-refractivity contribution in [2.75, 3.05) is 24.6 Å². The fourth-order valence-electron chi connectivity index (χ4n) is 1.40. The van der Waals surface area contributed by atoms with E-state index in [0.29, 0.717) is 5.92 Å². The van der Waals surface area contributed by atoms with Gasteiger partial charge in [0.2, 0.25) is 0 Å². The topological polar surface area (TPSA) is 49.2 Å². The molecule has 2 rings (SSSR count). The first-order valence-electron chi connectivity index (χ1n) is 4.12. The number of rotatable bonds is 2. The molecule has 4 nitrogen and oxygen atoms in total. The molecule has 1 aliphatic heterocycles. The Hall–Kier alpha value is -0.680. The van der Waals surface area contributed by atoms with Gasteiger partial charge in [-0.2, -0.15) is 0 Å². The fraction of sp³-hybridized carbons (Fsp3) is 0.500. The maximum Gasteiger partial charge on any atom is 0.146 e. The Kier molecular flexibility index (Phi) is 2.46. The second-order valence-corrected chi connectivity index (χ2v) is 4.00. The van der Waals surface area contributed by atoms with Crippen molar-refractivity contribution in [3.63, 3.8) is 0 Å². The molecular weight excluding hydrogens is 234 g/mol. The lowest BCUT2D eigenvalue weighted by Crippen LogP contribution is -2.48. The second kappa shape index (κ2) is 3.59. The van der Waals surface area contributed by atoms with Gasteiger partial charge in [-0.25, -0.2) is 9.97 Å². The minimum atomic E-state index is 0.263. The first-order chi connectivity index (χ1) is 6.31. The van der Waals surface area contributed by atoms with Crippen molar-refractivity contribution < 1.29 is 5.11 Å². The molecule has 70 valence electrons. The van der Waals surface area contributed by atoms with Gasteiger partial charge in [0.25, 0.3) is 0 Å². The highest BCUT2D eigenvalue weighted by Gasteiger charge is 2.27. The first kappa shape index (κ1) is 8.90. The summed E-state index contributed by atoms with van der Waals surface area (Å²) < 4.78 is 0.909. The summed E-state index contributed by atoms with van der Waals surface area (Å²) in [6.07, 6.45) is 3.26. The van der Waals surface area contributed by atoms with Gasteiger partial charge in [0.05, 0.1) is 4.47 Å². The van der Waals surface area contributed by atoms with Gasteiger partial charge >= 0.3 is 0 Å². The van der Waals surface area contributed by atoms with E-state index in [4.69, 9.17) is 5.11 Å². The maximum absolute atomic E-state index is 8.85. The molecule has 13 heavy (non-hydrogen) atoms. The van der Waals surface area contributed by atoms with Crippen molar-refractivity contribution in [3.8, 4) is 0 Å². The van der Waals surface area contributed by atoms with Crippen LogP contribution in [0.3, 0.4) is 0 Å². The van der Waals surface area contributed by atoms with Gasteiger partial charge in [-0.05, 0) is 15.9 Å². The third-order valence-corrected chi connectivity index (χ3v) is 2.72. The Morgan fingerprint density at radius 1 is 1.62 bits per heavy atom. The van der Waals surface area contributed by atoms with Crippen LogP contribution < -0.4 is 4.90 Å². The van der Waals surface area contributed by atoms with Gasteiger partial charge in [-0.3, -0.25) is 0 Å². The number of nitrogens with zero attached hydrogens (tertiary/aromatic N) is 3. The van der Waals surface area contributed by atoms with Crippen LogP contribution in [0.1, 0.15) is 0 Å². The van der Waals surface area contributed by atoms with Gasteiger partial charge in [0, 0.05) is 31.8 Å². The molecular formula is C8H10BrN3O. The van der Waals surface area contributed by atoms with E-state index >= 15 is 0 Å². The van der Waals surface area contributed by atoms with E-state index in [1.807, 2.05) is 0 Å². The molecule has 0 amide bonds. The van der Waals surface area contributed by atoms with Crippen LogP contribution >= 0.6 is 15.9 Å². The van der Waals surface area contributed by atoms with Gasteiger partial charge in [0.1, 0.15) is 12.1 Å². The lowest BCUT2D eigenvalue weighted by molar-refractivity contribution is 0.200. The van der Waals surface area contributed by atoms with E-state index in [9.17, 15) is 0 Å². The van der Waals surface area contributed by atoms with Crippen LogP contribution in [0, 0.1) is 5.92 Å². The molecule has 2 heterocycles. The van der Waals surface area contributed by atoms with E-state index in [1.54, 1.807) is 6.20 Å². The molecule has 0 spiro atoms. The molecule has 1 fully saturated rings. The number of anilines is 1. The molecule has 5 heteroatoms. The van der Waals surface area contributed by atoms with Crippen molar-refractivity contribution in [2.45, 2.75) is 0 Å². The molecule has 1 aromatic heterocycles. The smallest absolute Gasteiger partial charge is 0.146 e. The molecule has 0 unspecified atom stereocenters. The average Bonchev–Trinajstić information content (AvgIpc) is 2.06. The average molecular weight is 244 g/mol. The van der Waals surface area contributed by atoms with E-state index in [0.717, 1.165) is 23.4 Å². The van der Waals surface area contributed by atoms with Crippen molar-refractivity contribution in [1.29, 1.82) is 0 Å². The largest absolute Gasteiger partial charge is 0.396 e. The van der Waals surface area contributed by atoms with Gasteiger partial charge in [0.15, 0.2) is 0 Å². The number of aromatic nitrogens is 2. The highest BCUT2D eigenvalue weighted by molar-refractivity contribution is 9.10. The van der Waals surface area contributed by atoms with Crippen LogP contribution in [0.2, 0.25) is 0 Å². The molecule has 1 N–H and O–H groups in total. The van der Waals surface area contributed by atoms with Crippen LogP contribution in [0.25, 0.3) is 0 Å². The van der Waals surface area contributed by atoms with E-state index in [2.05, 4.69) is 30.8 Å². The monoisotopic (exact) mass is 243 g/mol. The predicted octanol–water partition coefficient (Wildman–Crippen LogP) is 0.668. The molecule has 0 radical (unpaired) electrons. The Bertz CT molecular complexity index is 301. The molecule has 0 aromatic carbocycles. The Morgan fingerprint density at radius 3 is 3.00 bits per heavy atom. The normalized spacial score (nSPS) is 17.2. The zero-order valence-electron chi connectivity index (χ0n) is 7.02. The Labute approximate surface area is 84.7 Å². The van der Waals surface area contributed by atoms with Crippen LogP contribution in [0.5, 0.6) is 0 Å². The Morgan fingerprint density at radius 2 is 2.38 bits per heavy atom. The molecule has 0 atom stereocenters. The van der Waals surface area contributed by atoms with Crippen LogP contribution in [0.15, 0.2) is 17.0 Å². The minimum Gasteiger partial charge on any atom is -0.396 e. The van der Waals surface area contributed by atoms with Gasteiger partial charge < -0.3 is 10.0 Å². The summed E-state index contributed by atoms with van der Waals surface area (Å²) in [6, 6.07) is 0. The summed E-state index contributed by atoms with van der Waals surface area (Å²) in [5.41, 5.74) is 0. The number of hydrogen-bond acceptors (Lipinski definition) is 4. The maximum atomic E-state index is 8.85. The summed E-state index contributed by atoms with van der Waals surface area (Å²) >= 11 is 3.38. The van der Waals surface area contributed by atoms with E-state index < -0.39 is 0 Å². The van der Waals surface area contributed by atoms with Crippen LogP contribution in [0.4, 0.5) is 5.82 Å². The van der Waals surface area contributed by atoms with Crippen molar-refractivity contribution in [3.05, 3.63) is 17.0 Å². The summed E-state index contributed by atoms with van der Waals surface area (Å²) in [4.78, 5) is 10.2. The zero-order valence-corrected chi connectivity index (χ0v) is 8.61. The third-order valence-electron chi connectivity index (χ3n) is 2.16. The quantitative estimate of drug-likeness (QED) is 0.830. The lowest BCUT2D eigenvalue weighted by atomic mass is 10.0. The fourth-order valence-corrected chi connectivity index (χ4v) is 1.87. The van der Waals surface area contributed by atoms with Crippen molar-refractivity contribution in [2.24, 2.45) is 5.92 Å². The molecule has 0 aliphatic carbocycles. The van der Waals surface area contributed by atoms with Crippen molar-refractivity contribution >= 4 is 21.7 Å². The lowest BCUT2D eigenvalue weighted by Gasteiger charge is -2.39. The van der Waals surface area contributed by atoms with Gasteiger partial charge in [-0.15, -0.1) is 0 Å². The Balaban J connectivity index is 2.07. The van der Waals surface area contributed by atoms with E-state index in [-0.39, 0.29) is 6.61 Å². The van der Waals surface area contributed by atoms with E-state index in [1.165, 1.54) is 6.33 Å². The molecule has 0 saturated carbocycles. The highest BCUT2D eigenvalue weighted by Crippen LogP contribution is 2.28. The van der Waals surface area contributed by atoms with Crippen LogP contribution in [-0.2, 0) is 0 Å². The highest BCUT2D eigenvalue weighted by atomic mass is 79.9. The number of aliphatic hydroxyl groups is 1. The number of aliphatic hydroxyl groups excluding tert-OH is 1. The first-order valence-corrected chi connectivity index (χ1v) is 4.92. The summed E-state index contributed by atoms with van der Waals surface area (Å²) in [6.45, 7) is 2.03. The predicted molar refractivity (Wildman–Crippen MR) is 52.5 cm³/mol. The second-order valence-electron chi connectivity index (χ2n) is 3.15. The SMILES string of the molecule is OCC1CN(c2ncncc2Br)C1. The summed E-state index contributed by atoms with van der Waals surface area (Å²) in [7, 11) is 0. The number of halogens is 1. The summed E-state index contributed by atoms with van der Waals surface area (Å²) in [5, 5.41) is 8.85. The standard InChI is InChI=1S/C8H10BrN3O/c9-7-1-10-5-11-8(7)12-2-6(3-12)4-13/h1,5-6,13H,2-4H2. The van der Waals surface area contributed by atoms with Crippen LogP contribution in [-0.4, -0.2) is 34.8 Å². The zero-order chi connectivity index (χ0) is 9.26. The number of hydrogen-bond donors (Lipinski definition) is 1. The third kappa shape index (κ3) is 1.66. The van der Waals surface area contributed by atoms with Gasteiger partial charge in [-0.1, -0.05) is 0 Å². The molecule has 1 aliphatic rings. The molecule has 1 saturated heterocycles.